The van der Waals surface area contributed by atoms with E-state index in [9.17, 15) is 13.2 Å². The summed E-state index contributed by atoms with van der Waals surface area (Å²) in [5.41, 5.74) is 6.97. The van der Waals surface area contributed by atoms with E-state index in [1.807, 2.05) is 19.1 Å². The molecule has 140 valence electrons. The summed E-state index contributed by atoms with van der Waals surface area (Å²) in [6, 6.07) is 16.0. The molecule has 27 heavy (non-hydrogen) atoms. The molecule has 1 atom stereocenters. The Morgan fingerprint density at radius 2 is 1.37 bits per heavy atom. The molecule has 3 rings (SSSR count). The van der Waals surface area contributed by atoms with E-state index in [-0.39, 0.29) is 0 Å². The third kappa shape index (κ3) is 3.80. The Balaban J connectivity index is 2.21. The van der Waals surface area contributed by atoms with E-state index in [1.165, 1.54) is 22.0 Å². The Labute approximate surface area is 160 Å². The Hall–Kier alpha value is -2.12. The van der Waals surface area contributed by atoms with Gasteiger partial charge in [-0.3, -0.25) is 0 Å². The smallest absolute Gasteiger partial charge is 0.166 e. The average Bonchev–Trinajstić information content (AvgIpc) is 2.61. The van der Waals surface area contributed by atoms with Crippen LogP contribution in [0, 0.1) is 20.8 Å². The van der Waals surface area contributed by atoms with Crippen LogP contribution in [-0.4, -0.2) is 6.66 Å². The zero-order valence-corrected chi connectivity index (χ0v) is 16.8. The molecule has 4 heteroatoms. The molecular weight excluding hydrogens is 364 g/mol. The van der Waals surface area contributed by atoms with E-state index in [1.54, 1.807) is 12.1 Å². The predicted octanol–water partition coefficient (Wildman–Crippen LogP) is 6.90. The molecule has 3 aromatic carbocycles. The highest BCUT2D eigenvalue weighted by atomic mass is 31.1. The minimum absolute atomic E-state index is 0.619. The summed E-state index contributed by atoms with van der Waals surface area (Å²) >= 11 is 0. The molecule has 0 bridgehead atoms. The normalized spacial score (nSPS) is 12.1. The third-order valence-corrected chi connectivity index (χ3v) is 5.91. The van der Waals surface area contributed by atoms with Crippen molar-refractivity contribution in [3.05, 3.63) is 76.9 Å². The summed E-state index contributed by atoms with van der Waals surface area (Å²) in [7, 11) is 0.674. The molecule has 3 aromatic rings. The minimum atomic E-state index is -4.32. The van der Waals surface area contributed by atoms with Gasteiger partial charge >= 0.3 is 6.18 Å². The van der Waals surface area contributed by atoms with Crippen LogP contribution in [0.2, 0.25) is 0 Å². The maximum atomic E-state index is 12.9. The fraction of sp³-hybridized carbons (Fsp3) is 0.217. The van der Waals surface area contributed by atoms with Crippen molar-refractivity contribution in [3.8, 4) is 22.3 Å². The first-order valence-electron chi connectivity index (χ1n) is 8.79. The molecule has 0 saturated heterocycles. The van der Waals surface area contributed by atoms with Gasteiger partial charge in [-0.15, -0.1) is 0 Å². The van der Waals surface area contributed by atoms with Crippen molar-refractivity contribution in [3.63, 3.8) is 0 Å². The van der Waals surface area contributed by atoms with Gasteiger partial charge in [0.25, 0.3) is 0 Å². The van der Waals surface area contributed by atoms with Crippen LogP contribution < -0.4 is 5.30 Å². The Morgan fingerprint density at radius 3 is 1.96 bits per heavy atom. The third-order valence-electron chi connectivity index (χ3n) is 4.94. The lowest BCUT2D eigenvalue weighted by atomic mass is 9.86. The summed E-state index contributed by atoms with van der Waals surface area (Å²) < 4.78 is 38.7. The standard InChI is InChI=1S/C23H22F3P/c1-14-13-15(2)22(19-7-5-6-8-20(19)27-4)16(3)21(14)17-9-11-18(12-10-17)23(24,25)26/h5-13,27H,1-4H3. The second-order valence-electron chi connectivity index (χ2n) is 6.76. The number of aryl methyl sites for hydroxylation is 2. The van der Waals surface area contributed by atoms with Crippen LogP contribution in [0.4, 0.5) is 13.2 Å². The zero-order chi connectivity index (χ0) is 19.8. The topological polar surface area (TPSA) is 0 Å². The van der Waals surface area contributed by atoms with Crippen LogP contribution in [0.5, 0.6) is 0 Å². The van der Waals surface area contributed by atoms with Crippen LogP contribution in [0.15, 0.2) is 54.6 Å². The number of hydrogen-bond acceptors (Lipinski definition) is 0. The summed E-state index contributed by atoms with van der Waals surface area (Å²) in [5, 5.41) is 1.30. The summed E-state index contributed by atoms with van der Waals surface area (Å²) in [6.07, 6.45) is -4.32. The molecule has 0 aromatic heterocycles. The van der Waals surface area contributed by atoms with E-state index in [2.05, 4.69) is 38.7 Å². The zero-order valence-electron chi connectivity index (χ0n) is 15.8. The van der Waals surface area contributed by atoms with Crippen LogP contribution in [0.3, 0.4) is 0 Å². The van der Waals surface area contributed by atoms with Crippen molar-refractivity contribution in [1.82, 2.24) is 0 Å². The first-order chi connectivity index (χ1) is 12.7. The van der Waals surface area contributed by atoms with Crippen LogP contribution in [0.25, 0.3) is 22.3 Å². The molecule has 0 N–H and O–H groups in total. The van der Waals surface area contributed by atoms with E-state index >= 15 is 0 Å². The second kappa shape index (κ2) is 7.48. The molecule has 0 radical (unpaired) electrons. The highest BCUT2D eigenvalue weighted by Gasteiger charge is 2.30. The fourth-order valence-electron chi connectivity index (χ4n) is 3.79. The molecule has 0 spiro atoms. The molecule has 0 nitrogen and oxygen atoms in total. The van der Waals surface area contributed by atoms with E-state index in [0.29, 0.717) is 8.58 Å². The van der Waals surface area contributed by atoms with Gasteiger partial charge in [-0.2, -0.15) is 13.2 Å². The second-order valence-corrected chi connectivity index (χ2v) is 7.79. The number of alkyl halides is 3. The van der Waals surface area contributed by atoms with Gasteiger partial charge in [0.05, 0.1) is 5.56 Å². The number of halogens is 3. The summed E-state index contributed by atoms with van der Waals surface area (Å²) in [4.78, 5) is 0. The minimum Gasteiger partial charge on any atom is -0.166 e. The highest BCUT2D eigenvalue weighted by molar-refractivity contribution is 7.46. The van der Waals surface area contributed by atoms with Crippen molar-refractivity contribution < 1.29 is 13.2 Å². The van der Waals surface area contributed by atoms with Gasteiger partial charge in [0, 0.05) is 0 Å². The lowest BCUT2D eigenvalue weighted by molar-refractivity contribution is -0.137. The fourth-order valence-corrected chi connectivity index (χ4v) is 4.53. The monoisotopic (exact) mass is 386 g/mol. The predicted molar refractivity (Wildman–Crippen MR) is 110 cm³/mol. The van der Waals surface area contributed by atoms with Gasteiger partial charge in [0.2, 0.25) is 0 Å². The van der Waals surface area contributed by atoms with Crippen LogP contribution in [0.1, 0.15) is 22.3 Å². The number of rotatable bonds is 3. The van der Waals surface area contributed by atoms with Gasteiger partial charge in [0.1, 0.15) is 0 Å². The van der Waals surface area contributed by atoms with Gasteiger partial charge in [-0.25, -0.2) is 0 Å². The molecule has 0 heterocycles. The van der Waals surface area contributed by atoms with Gasteiger partial charge in [-0.05, 0) is 83.8 Å². The lowest BCUT2D eigenvalue weighted by Crippen LogP contribution is -2.05. The first kappa shape index (κ1) is 19.6. The van der Waals surface area contributed by atoms with E-state index < -0.39 is 11.7 Å². The van der Waals surface area contributed by atoms with Gasteiger partial charge in [0.15, 0.2) is 0 Å². The number of hydrogen-bond donors (Lipinski definition) is 0. The van der Waals surface area contributed by atoms with Crippen molar-refractivity contribution in [1.29, 1.82) is 0 Å². The highest BCUT2D eigenvalue weighted by Crippen LogP contribution is 2.38. The van der Waals surface area contributed by atoms with Gasteiger partial charge < -0.3 is 0 Å². The molecular formula is C23H22F3P. The number of benzene rings is 3. The maximum absolute atomic E-state index is 12.9. The van der Waals surface area contributed by atoms with E-state index in [0.717, 1.165) is 34.4 Å². The molecule has 0 saturated carbocycles. The molecule has 0 fully saturated rings. The Kier molecular flexibility index (Phi) is 5.44. The summed E-state index contributed by atoms with van der Waals surface area (Å²) in [5.74, 6) is 0. The van der Waals surface area contributed by atoms with Crippen molar-refractivity contribution in [2.45, 2.75) is 26.9 Å². The average molecular weight is 386 g/mol. The molecule has 1 unspecified atom stereocenters. The largest absolute Gasteiger partial charge is 0.416 e. The van der Waals surface area contributed by atoms with Crippen molar-refractivity contribution in [2.24, 2.45) is 0 Å². The maximum Gasteiger partial charge on any atom is 0.416 e. The molecule has 0 amide bonds. The van der Waals surface area contributed by atoms with Crippen molar-refractivity contribution >= 4 is 13.9 Å². The lowest BCUT2D eigenvalue weighted by Gasteiger charge is -2.20. The molecule has 0 aliphatic carbocycles. The van der Waals surface area contributed by atoms with Crippen LogP contribution >= 0.6 is 8.58 Å². The summed E-state index contributed by atoms with van der Waals surface area (Å²) in [6.45, 7) is 8.35. The Bertz CT molecular complexity index is 970. The molecule has 0 aliphatic rings. The van der Waals surface area contributed by atoms with Crippen LogP contribution in [-0.2, 0) is 6.18 Å². The first-order valence-corrected chi connectivity index (χ1v) is 10.3. The van der Waals surface area contributed by atoms with Gasteiger partial charge in [-0.1, -0.05) is 51.0 Å². The van der Waals surface area contributed by atoms with E-state index in [4.69, 9.17) is 0 Å². The quantitative estimate of drug-likeness (QED) is 0.430. The Morgan fingerprint density at radius 1 is 0.778 bits per heavy atom. The van der Waals surface area contributed by atoms with Crippen molar-refractivity contribution in [2.75, 3.05) is 6.66 Å². The molecule has 0 aliphatic heterocycles. The SMILES string of the molecule is CPc1ccccc1-c1c(C)cc(C)c(-c2ccc(C(F)(F)F)cc2)c1C.